The van der Waals surface area contributed by atoms with Gasteiger partial charge in [0.15, 0.2) is 5.76 Å². The van der Waals surface area contributed by atoms with Crippen molar-refractivity contribution in [3.63, 3.8) is 0 Å². The van der Waals surface area contributed by atoms with Crippen LogP contribution in [-0.2, 0) is 20.7 Å². The Labute approximate surface area is 169 Å². The Balaban J connectivity index is 1.42. The molecule has 0 N–H and O–H groups in total. The number of benzene rings is 1. The zero-order chi connectivity index (χ0) is 20.2. The number of hydrogen-bond acceptors (Lipinski definition) is 6. The smallest absolute Gasteiger partial charge is 0.245 e. The molecule has 4 rings (SSSR count). The van der Waals surface area contributed by atoms with Gasteiger partial charge in [-0.05, 0) is 25.0 Å². The summed E-state index contributed by atoms with van der Waals surface area (Å²) in [4.78, 5) is 29.2. The van der Waals surface area contributed by atoms with E-state index < -0.39 is 0 Å². The standard InChI is InChI=1S/C21H25N3O5/c1-27-17-5-2-4-15(12-17)19-13-16(22-29-19)14-20(25)24-7-3-6-18(24)21(26)23-8-10-28-11-9-23/h2,4-5,12-13,18H,3,6-11,14H2,1H3/t18-/m1/s1. The van der Waals surface area contributed by atoms with E-state index in [4.69, 9.17) is 14.0 Å². The van der Waals surface area contributed by atoms with Crippen molar-refractivity contribution < 1.29 is 23.6 Å². The van der Waals surface area contributed by atoms with Crippen LogP contribution in [-0.4, -0.2) is 72.8 Å². The van der Waals surface area contributed by atoms with Crippen molar-refractivity contribution in [2.45, 2.75) is 25.3 Å². The molecule has 0 spiro atoms. The second-order valence-electron chi connectivity index (χ2n) is 7.27. The highest BCUT2D eigenvalue weighted by atomic mass is 16.5. The lowest BCUT2D eigenvalue weighted by molar-refractivity contribution is -0.146. The molecule has 2 aromatic rings. The Kier molecular flexibility index (Phi) is 5.80. The van der Waals surface area contributed by atoms with E-state index in [0.717, 1.165) is 17.7 Å². The Morgan fingerprint density at radius 2 is 2.03 bits per heavy atom. The molecular weight excluding hydrogens is 374 g/mol. The molecule has 0 bridgehead atoms. The summed E-state index contributed by atoms with van der Waals surface area (Å²) in [5, 5.41) is 4.04. The minimum atomic E-state index is -0.384. The first-order chi connectivity index (χ1) is 14.2. The van der Waals surface area contributed by atoms with Crippen molar-refractivity contribution in [2.24, 2.45) is 0 Å². The molecule has 8 nitrogen and oxygen atoms in total. The van der Waals surface area contributed by atoms with Crippen LogP contribution < -0.4 is 4.74 Å². The van der Waals surface area contributed by atoms with Crippen LogP contribution in [0.2, 0.25) is 0 Å². The van der Waals surface area contributed by atoms with E-state index in [0.29, 0.717) is 50.7 Å². The van der Waals surface area contributed by atoms with Gasteiger partial charge in [0.25, 0.3) is 0 Å². The quantitative estimate of drug-likeness (QED) is 0.761. The van der Waals surface area contributed by atoms with E-state index >= 15 is 0 Å². The maximum absolute atomic E-state index is 12.9. The number of hydrogen-bond donors (Lipinski definition) is 0. The van der Waals surface area contributed by atoms with Gasteiger partial charge in [-0.15, -0.1) is 0 Å². The highest BCUT2D eigenvalue weighted by molar-refractivity contribution is 5.89. The number of rotatable bonds is 5. The normalized spacial score (nSPS) is 19.4. The van der Waals surface area contributed by atoms with Gasteiger partial charge in [0.2, 0.25) is 11.8 Å². The predicted octanol–water partition coefficient (Wildman–Crippen LogP) is 1.74. The lowest BCUT2D eigenvalue weighted by Crippen LogP contribution is -2.51. The molecule has 0 saturated carbocycles. The second kappa shape index (κ2) is 8.65. The average Bonchev–Trinajstić information content (AvgIpc) is 3.44. The van der Waals surface area contributed by atoms with E-state index in [1.165, 1.54) is 0 Å². The van der Waals surface area contributed by atoms with E-state index in [1.807, 2.05) is 24.3 Å². The fraction of sp³-hybridized carbons (Fsp3) is 0.476. The monoisotopic (exact) mass is 399 g/mol. The number of methoxy groups -OCH3 is 1. The molecule has 2 amide bonds. The number of ether oxygens (including phenoxy) is 2. The van der Waals surface area contributed by atoms with Crippen LogP contribution in [0.15, 0.2) is 34.9 Å². The molecule has 29 heavy (non-hydrogen) atoms. The molecule has 154 valence electrons. The first-order valence-corrected chi connectivity index (χ1v) is 9.92. The lowest BCUT2D eigenvalue weighted by Gasteiger charge is -2.32. The molecule has 1 atom stereocenters. The topological polar surface area (TPSA) is 85.1 Å². The van der Waals surface area contributed by atoms with Gasteiger partial charge < -0.3 is 23.8 Å². The molecule has 2 aliphatic heterocycles. The molecule has 2 saturated heterocycles. The largest absolute Gasteiger partial charge is 0.497 e. The predicted molar refractivity (Wildman–Crippen MR) is 104 cm³/mol. The molecule has 1 aromatic heterocycles. The van der Waals surface area contributed by atoms with Crippen molar-refractivity contribution in [3.05, 3.63) is 36.0 Å². The summed E-state index contributed by atoms with van der Waals surface area (Å²) >= 11 is 0. The minimum Gasteiger partial charge on any atom is -0.497 e. The zero-order valence-corrected chi connectivity index (χ0v) is 16.5. The van der Waals surface area contributed by atoms with Gasteiger partial charge in [0, 0.05) is 31.3 Å². The van der Waals surface area contributed by atoms with E-state index in [-0.39, 0.29) is 24.3 Å². The summed E-state index contributed by atoms with van der Waals surface area (Å²) in [6, 6.07) is 8.85. The number of aromatic nitrogens is 1. The fourth-order valence-electron chi connectivity index (χ4n) is 3.88. The van der Waals surface area contributed by atoms with Gasteiger partial charge in [-0.3, -0.25) is 9.59 Å². The third-order valence-electron chi connectivity index (χ3n) is 5.43. The first-order valence-electron chi connectivity index (χ1n) is 9.92. The maximum atomic E-state index is 12.9. The van der Waals surface area contributed by atoms with Crippen LogP contribution in [0.25, 0.3) is 11.3 Å². The molecule has 0 radical (unpaired) electrons. The molecule has 8 heteroatoms. The van der Waals surface area contributed by atoms with Crippen LogP contribution in [0.4, 0.5) is 0 Å². The van der Waals surface area contributed by atoms with Crippen LogP contribution in [0.1, 0.15) is 18.5 Å². The van der Waals surface area contributed by atoms with Crippen molar-refractivity contribution in [1.82, 2.24) is 15.0 Å². The third kappa shape index (κ3) is 4.27. The van der Waals surface area contributed by atoms with Crippen LogP contribution in [0, 0.1) is 0 Å². The SMILES string of the molecule is COc1cccc(-c2cc(CC(=O)N3CCC[C@@H]3C(=O)N3CCOCC3)no2)c1. The van der Waals surface area contributed by atoms with Crippen LogP contribution in [0.5, 0.6) is 5.75 Å². The fourth-order valence-corrected chi connectivity index (χ4v) is 3.88. The first kappa shape index (κ1) is 19.4. The summed E-state index contributed by atoms with van der Waals surface area (Å²) in [6.07, 6.45) is 1.65. The number of morpholine rings is 1. The zero-order valence-electron chi connectivity index (χ0n) is 16.5. The van der Waals surface area contributed by atoms with Crippen molar-refractivity contribution >= 4 is 11.8 Å². The number of amides is 2. The Morgan fingerprint density at radius 1 is 1.21 bits per heavy atom. The van der Waals surface area contributed by atoms with Crippen LogP contribution in [0.3, 0.4) is 0 Å². The molecule has 0 unspecified atom stereocenters. The third-order valence-corrected chi connectivity index (χ3v) is 5.43. The van der Waals surface area contributed by atoms with Gasteiger partial charge in [0.05, 0.1) is 32.4 Å². The number of likely N-dealkylation sites (tertiary alicyclic amines) is 1. The van der Waals surface area contributed by atoms with Gasteiger partial charge >= 0.3 is 0 Å². The summed E-state index contributed by atoms with van der Waals surface area (Å²) in [5.41, 5.74) is 1.38. The summed E-state index contributed by atoms with van der Waals surface area (Å²) < 4.78 is 16.0. The highest BCUT2D eigenvalue weighted by Gasteiger charge is 2.37. The van der Waals surface area contributed by atoms with Gasteiger partial charge in [-0.1, -0.05) is 17.3 Å². The van der Waals surface area contributed by atoms with E-state index in [2.05, 4.69) is 5.16 Å². The lowest BCUT2D eigenvalue weighted by atomic mass is 10.1. The van der Waals surface area contributed by atoms with Crippen molar-refractivity contribution in [3.8, 4) is 17.1 Å². The van der Waals surface area contributed by atoms with Crippen LogP contribution >= 0.6 is 0 Å². The maximum Gasteiger partial charge on any atom is 0.245 e. The van der Waals surface area contributed by atoms with Gasteiger partial charge in [0.1, 0.15) is 11.8 Å². The number of nitrogens with zero attached hydrogens (tertiary/aromatic N) is 3. The van der Waals surface area contributed by atoms with Crippen molar-refractivity contribution in [2.75, 3.05) is 40.0 Å². The van der Waals surface area contributed by atoms with Crippen molar-refractivity contribution in [1.29, 1.82) is 0 Å². The van der Waals surface area contributed by atoms with Gasteiger partial charge in [-0.2, -0.15) is 0 Å². The summed E-state index contributed by atoms with van der Waals surface area (Å²) in [7, 11) is 1.61. The molecule has 2 fully saturated rings. The molecule has 3 heterocycles. The Hall–Kier alpha value is -2.87. The highest BCUT2D eigenvalue weighted by Crippen LogP contribution is 2.26. The summed E-state index contributed by atoms with van der Waals surface area (Å²) in [6.45, 7) is 2.88. The minimum absolute atomic E-state index is 0.0244. The number of carbonyl (C=O) groups excluding carboxylic acids is 2. The Morgan fingerprint density at radius 3 is 2.83 bits per heavy atom. The van der Waals surface area contributed by atoms with Gasteiger partial charge in [-0.25, -0.2) is 0 Å². The number of carbonyl (C=O) groups is 2. The molecule has 1 aromatic carbocycles. The van der Waals surface area contributed by atoms with E-state index in [1.54, 1.807) is 23.0 Å². The molecular formula is C21H25N3O5. The van der Waals surface area contributed by atoms with E-state index in [9.17, 15) is 9.59 Å². The molecule has 0 aliphatic carbocycles. The second-order valence-corrected chi connectivity index (χ2v) is 7.27. The Bertz CT molecular complexity index is 875. The summed E-state index contributed by atoms with van der Waals surface area (Å²) in [5.74, 6) is 1.23. The molecule has 2 aliphatic rings. The average molecular weight is 399 g/mol.